The van der Waals surface area contributed by atoms with E-state index >= 15 is 0 Å². The van der Waals surface area contributed by atoms with Gasteiger partial charge in [0.1, 0.15) is 5.82 Å². The van der Waals surface area contributed by atoms with Crippen LogP contribution in [0.25, 0.3) is 0 Å². The summed E-state index contributed by atoms with van der Waals surface area (Å²) in [6, 6.07) is 10.4. The van der Waals surface area contributed by atoms with Crippen LogP contribution in [-0.4, -0.2) is 41.5 Å². The minimum absolute atomic E-state index is 0. The van der Waals surface area contributed by atoms with Crippen LogP contribution in [0.5, 0.6) is 0 Å². The van der Waals surface area contributed by atoms with Crippen molar-refractivity contribution in [3.8, 4) is 0 Å². The summed E-state index contributed by atoms with van der Waals surface area (Å²) in [5.74, 6) is 1.49. The second-order valence-corrected chi connectivity index (χ2v) is 6.91. The molecule has 1 unspecified atom stereocenters. The molecular weight excluding hydrogens is 507 g/mol. The maximum Gasteiger partial charge on any atom is 0.269 e. The fourth-order valence-electron chi connectivity index (χ4n) is 3.13. The minimum atomic E-state index is -0.396. The minimum Gasteiger partial charge on any atom is -0.357 e. The zero-order valence-corrected chi connectivity index (χ0v) is 19.1. The van der Waals surface area contributed by atoms with Crippen molar-refractivity contribution < 1.29 is 4.92 Å². The molecule has 1 aliphatic rings. The van der Waals surface area contributed by atoms with E-state index in [1.807, 2.05) is 25.1 Å². The van der Waals surface area contributed by atoms with Crippen LogP contribution in [0.3, 0.4) is 0 Å². The summed E-state index contributed by atoms with van der Waals surface area (Å²) in [6.45, 7) is 4.72. The Morgan fingerprint density at radius 1 is 1.41 bits per heavy atom. The monoisotopic (exact) mass is 530 g/mol. The lowest BCUT2D eigenvalue weighted by atomic mass is 10.2. The Balaban J connectivity index is 0.00000300. The number of hydrogen-bond donors (Lipinski definition) is 2. The fourth-order valence-corrected chi connectivity index (χ4v) is 3.37. The second kappa shape index (κ2) is 11.1. The number of nitro benzene ring substituents is 1. The average Bonchev–Trinajstić information content (AvgIpc) is 3.15. The van der Waals surface area contributed by atoms with Crippen molar-refractivity contribution in [2.75, 3.05) is 24.5 Å². The molecule has 0 bridgehead atoms. The topological polar surface area (TPSA) is 95.7 Å². The highest BCUT2D eigenvalue weighted by Gasteiger charge is 2.25. The van der Waals surface area contributed by atoms with Crippen LogP contribution < -0.4 is 15.5 Å². The molecule has 1 aliphatic heterocycles. The van der Waals surface area contributed by atoms with Crippen molar-refractivity contribution in [1.82, 2.24) is 15.6 Å². The predicted molar refractivity (Wildman–Crippen MR) is 126 cm³/mol. The van der Waals surface area contributed by atoms with Crippen LogP contribution in [0.1, 0.15) is 18.9 Å². The first-order chi connectivity index (χ1) is 13.6. The molecule has 0 radical (unpaired) electrons. The van der Waals surface area contributed by atoms with Gasteiger partial charge < -0.3 is 15.5 Å². The predicted octanol–water partition coefficient (Wildman–Crippen LogP) is 3.60. The lowest BCUT2D eigenvalue weighted by molar-refractivity contribution is -0.384. The summed E-state index contributed by atoms with van der Waals surface area (Å²) in [6.07, 6.45) is 2.68. The quantitative estimate of drug-likeness (QED) is 0.195. The number of benzene rings is 1. The van der Waals surface area contributed by atoms with Crippen LogP contribution in [0, 0.1) is 10.1 Å². The number of non-ortho nitro benzene ring substituents is 1. The summed E-state index contributed by atoms with van der Waals surface area (Å²) in [7, 11) is 0. The molecule has 2 heterocycles. The molecule has 0 amide bonds. The third-order valence-electron chi connectivity index (χ3n) is 4.45. The Kier molecular flexibility index (Phi) is 8.90. The normalized spacial score (nSPS) is 16.3. The van der Waals surface area contributed by atoms with Crippen molar-refractivity contribution >= 4 is 53.0 Å². The van der Waals surface area contributed by atoms with Gasteiger partial charge in [0, 0.05) is 44.0 Å². The number of rotatable bonds is 6. The van der Waals surface area contributed by atoms with E-state index in [2.05, 4.69) is 25.5 Å². The first-order valence-corrected chi connectivity index (χ1v) is 9.58. The number of halogens is 2. The van der Waals surface area contributed by atoms with E-state index < -0.39 is 4.92 Å². The molecule has 8 nitrogen and oxygen atoms in total. The molecule has 0 saturated carbocycles. The highest BCUT2D eigenvalue weighted by Crippen LogP contribution is 2.25. The van der Waals surface area contributed by atoms with Gasteiger partial charge in [-0.25, -0.2) is 9.98 Å². The van der Waals surface area contributed by atoms with Crippen LogP contribution in [0.4, 0.5) is 11.5 Å². The van der Waals surface area contributed by atoms with Gasteiger partial charge in [-0.15, -0.1) is 24.0 Å². The summed E-state index contributed by atoms with van der Waals surface area (Å²) < 4.78 is 0. The number of nitro groups is 1. The fraction of sp³-hybridized carbons (Fsp3) is 0.368. The number of aliphatic imine (C=N–C) groups is 1. The van der Waals surface area contributed by atoms with Crippen LogP contribution in [0.2, 0.25) is 5.02 Å². The number of nitrogens with zero attached hydrogens (tertiary/aromatic N) is 4. The molecule has 156 valence electrons. The number of hydrogen-bond acceptors (Lipinski definition) is 5. The lowest BCUT2D eigenvalue weighted by Gasteiger charge is -2.20. The van der Waals surface area contributed by atoms with E-state index in [9.17, 15) is 10.1 Å². The van der Waals surface area contributed by atoms with Gasteiger partial charge in [-0.2, -0.15) is 0 Å². The van der Waals surface area contributed by atoms with Crippen LogP contribution in [0.15, 0.2) is 47.6 Å². The van der Waals surface area contributed by atoms with Gasteiger partial charge in [0.2, 0.25) is 0 Å². The van der Waals surface area contributed by atoms with Crippen molar-refractivity contribution in [3.63, 3.8) is 0 Å². The van der Waals surface area contributed by atoms with E-state index in [4.69, 9.17) is 11.6 Å². The molecule has 0 aliphatic carbocycles. The van der Waals surface area contributed by atoms with E-state index in [0.717, 1.165) is 37.4 Å². The summed E-state index contributed by atoms with van der Waals surface area (Å²) in [5.41, 5.74) is 0.865. The van der Waals surface area contributed by atoms with E-state index in [-0.39, 0.29) is 35.7 Å². The van der Waals surface area contributed by atoms with E-state index in [1.54, 1.807) is 18.3 Å². The average molecular weight is 531 g/mol. The molecule has 1 aromatic carbocycles. The number of aromatic nitrogens is 1. The Morgan fingerprint density at radius 2 is 2.24 bits per heavy atom. The first kappa shape index (κ1) is 23.1. The molecule has 1 fully saturated rings. The largest absolute Gasteiger partial charge is 0.357 e. The van der Waals surface area contributed by atoms with Crippen molar-refractivity contribution in [3.05, 3.63) is 63.3 Å². The van der Waals surface area contributed by atoms with Crippen molar-refractivity contribution in [2.24, 2.45) is 4.99 Å². The van der Waals surface area contributed by atoms with Gasteiger partial charge >= 0.3 is 0 Å². The standard InChI is InChI=1S/C19H23ClN6O2.HI/c1-2-21-19(23-12-14-5-3-6-16(11-14)26(27)28)24-15-8-10-25(13-15)18-17(20)7-4-9-22-18;/h3-7,9,11,15H,2,8,10,12-13H2,1H3,(H2,21,23,24);1H. The van der Waals surface area contributed by atoms with E-state index in [0.29, 0.717) is 17.5 Å². The molecule has 29 heavy (non-hydrogen) atoms. The molecular formula is C19H24ClIN6O2. The number of nitrogens with one attached hydrogen (secondary N) is 2. The third kappa shape index (κ3) is 6.43. The molecule has 3 rings (SSSR count). The summed E-state index contributed by atoms with van der Waals surface area (Å²) in [5, 5.41) is 18.2. The van der Waals surface area contributed by atoms with Gasteiger partial charge in [0.05, 0.1) is 16.5 Å². The maximum atomic E-state index is 10.9. The lowest BCUT2D eigenvalue weighted by Crippen LogP contribution is -2.44. The van der Waals surface area contributed by atoms with Gasteiger partial charge in [-0.05, 0) is 31.0 Å². The zero-order valence-electron chi connectivity index (χ0n) is 16.0. The molecule has 1 aromatic heterocycles. The molecule has 2 N–H and O–H groups in total. The van der Waals surface area contributed by atoms with Crippen molar-refractivity contribution in [1.29, 1.82) is 0 Å². The molecule has 2 aromatic rings. The number of guanidine groups is 1. The summed E-state index contributed by atoms with van der Waals surface area (Å²) in [4.78, 5) is 21.6. The van der Waals surface area contributed by atoms with E-state index in [1.165, 1.54) is 6.07 Å². The summed E-state index contributed by atoms with van der Waals surface area (Å²) >= 11 is 6.25. The van der Waals surface area contributed by atoms with Gasteiger partial charge in [0.25, 0.3) is 5.69 Å². The Hall–Kier alpha value is -2.14. The number of pyridine rings is 1. The molecule has 10 heteroatoms. The van der Waals surface area contributed by atoms with Gasteiger partial charge in [-0.1, -0.05) is 23.7 Å². The smallest absolute Gasteiger partial charge is 0.269 e. The Morgan fingerprint density at radius 3 is 2.97 bits per heavy atom. The molecule has 1 atom stereocenters. The van der Waals surface area contributed by atoms with Gasteiger partial charge in [0.15, 0.2) is 5.96 Å². The van der Waals surface area contributed by atoms with Crippen LogP contribution in [-0.2, 0) is 6.54 Å². The molecule has 0 spiro atoms. The number of anilines is 1. The Labute approximate surface area is 191 Å². The SMILES string of the molecule is CCNC(=NCc1cccc([N+](=O)[O-])c1)NC1CCN(c2ncccc2Cl)C1.I. The molecule has 1 saturated heterocycles. The second-order valence-electron chi connectivity index (χ2n) is 6.51. The van der Waals surface area contributed by atoms with Gasteiger partial charge in [-0.3, -0.25) is 10.1 Å². The third-order valence-corrected chi connectivity index (χ3v) is 4.75. The van der Waals surface area contributed by atoms with Crippen LogP contribution >= 0.6 is 35.6 Å². The maximum absolute atomic E-state index is 10.9. The zero-order chi connectivity index (χ0) is 19.9. The highest BCUT2D eigenvalue weighted by atomic mass is 127. The highest BCUT2D eigenvalue weighted by molar-refractivity contribution is 14.0. The Bertz CT molecular complexity index is 866. The van der Waals surface area contributed by atoms with Crippen molar-refractivity contribution in [2.45, 2.75) is 25.9 Å². The first-order valence-electron chi connectivity index (χ1n) is 9.20.